The van der Waals surface area contributed by atoms with Gasteiger partial charge in [-0.15, -0.1) is 10.2 Å². The van der Waals surface area contributed by atoms with Crippen molar-refractivity contribution < 1.29 is 4.79 Å². The summed E-state index contributed by atoms with van der Waals surface area (Å²) in [6.07, 6.45) is 3.48. The molecule has 1 aromatic carbocycles. The Morgan fingerprint density at radius 3 is 2.48 bits per heavy atom. The lowest BCUT2D eigenvalue weighted by molar-refractivity contribution is 0.102. The Morgan fingerprint density at radius 1 is 1.00 bits per heavy atom. The van der Waals surface area contributed by atoms with Crippen LogP contribution in [0.4, 0.5) is 11.5 Å². The second-order valence-corrected chi connectivity index (χ2v) is 5.79. The molecule has 2 heterocycles. The number of amides is 1. The van der Waals surface area contributed by atoms with Gasteiger partial charge in [0.15, 0.2) is 5.69 Å². The normalized spacial score (nSPS) is 10.3. The van der Waals surface area contributed by atoms with Gasteiger partial charge in [0.05, 0.1) is 0 Å². The van der Waals surface area contributed by atoms with Crippen LogP contribution in [0.5, 0.6) is 0 Å². The van der Waals surface area contributed by atoms with Gasteiger partial charge >= 0.3 is 0 Å². The van der Waals surface area contributed by atoms with Crippen LogP contribution in [0.15, 0.2) is 54.9 Å². The van der Waals surface area contributed by atoms with Gasteiger partial charge in [0.25, 0.3) is 5.91 Å². The van der Waals surface area contributed by atoms with Crippen molar-refractivity contribution >= 4 is 17.4 Å². The molecule has 2 aromatic heterocycles. The minimum absolute atomic E-state index is 0.273. The average molecular weight is 333 g/mol. The third-order valence-electron chi connectivity index (χ3n) is 3.75. The molecule has 25 heavy (non-hydrogen) atoms. The molecule has 0 bridgehead atoms. The quantitative estimate of drug-likeness (QED) is 0.748. The summed E-state index contributed by atoms with van der Waals surface area (Å²) in [6.45, 7) is 4.59. The number of aryl methyl sites for hydroxylation is 2. The van der Waals surface area contributed by atoms with Gasteiger partial charge in [0, 0.05) is 24.6 Å². The molecule has 0 spiro atoms. The highest BCUT2D eigenvalue weighted by molar-refractivity contribution is 6.03. The Labute approximate surface area is 146 Å². The van der Waals surface area contributed by atoms with E-state index in [9.17, 15) is 4.79 Å². The van der Waals surface area contributed by atoms with Crippen LogP contribution in [0.3, 0.4) is 0 Å². The lowest BCUT2D eigenvalue weighted by Crippen LogP contribution is -2.15. The van der Waals surface area contributed by atoms with Crippen LogP contribution in [-0.2, 0) is 6.54 Å². The van der Waals surface area contributed by atoms with Gasteiger partial charge in [0.1, 0.15) is 5.82 Å². The Balaban J connectivity index is 1.62. The van der Waals surface area contributed by atoms with Crippen LogP contribution in [-0.4, -0.2) is 21.1 Å². The SMILES string of the molecule is Cc1ccc(NC(=O)c2ccc(NCc3ccncc3)nn2)c(C)c1. The number of nitrogens with zero attached hydrogens (tertiary/aromatic N) is 3. The summed E-state index contributed by atoms with van der Waals surface area (Å²) in [6, 6.07) is 13.1. The first kappa shape index (κ1) is 16.6. The highest BCUT2D eigenvalue weighted by Gasteiger charge is 2.10. The van der Waals surface area contributed by atoms with Crippen LogP contribution in [0, 0.1) is 13.8 Å². The van der Waals surface area contributed by atoms with Gasteiger partial charge in [-0.25, -0.2) is 0 Å². The Morgan fingerprint density at radius 2 is 1.80 bits per heavy atom. The van der Waals surface area contributed by atoms with Crippen molar-refractivity contribution in [1.29, 1.82) is 0 Å². The lowest BCUT2D eigenvalue weighted by atomic mass is 10.1. The van der Waals surface area contributed by atoms with Gasteiger partial charge in [-0.3, -0.25) is 9.78 Å². The summed E-state index contributed by atoms with van der Waals surface area (Å²) in [4.78, 5) is 16.3. The number of pyridine rings is 1. The summed E-state index contributed by atoms with van der Waals surface area (Å²) in [5.74, 6) is 0.333. The molecule has 3 rings (SSSR count). The Bertz CT molecular complexity index is 863. The number of anilines is 2. The largest absolute Gasteiger partial charge is 0.365 e. The van der Waals surface area contributed by atoms with Crippen LogP contribution >= 0.6 is 0 Å². The molecule has 0 aliphatic carbocycles. The first-order valence-corrected chi connectivity index (χ1v) is 7.97. The molecule has 126 valence electrons. The standard InChI is InChI=1S/C19H19N5O/c1-13-3-4-16(14(2)11-13)22-19(25)17-5-6-18(24-23-17)21-12-15-7-9-20-10-8-15/h3-11H,12H2,1-2H3,(H,21,24)(H,22,25). The number of rotatable bonds is 5. The number of carbonyl (C=O) groups is 1. The maximum absolute atomic E-state index is 12.3. The molecule has 0 aliphatic heterocycles. The predicted octanol–water partition coefficient (Wildman–Crippen LogP) is 3.35. The van der Waals surface area contributed by atoms with E-state index in [0.29, 0.717) is 12.4 Å². The lowest BCUT2D eigenvalue weighted by Gasteiger charge is -2.09. The molecule has 6 nitrogen and oxygen atoms in total. The maximum Gasteiger partial charge on any atom is 0.276 e. The van der Waals surface area contributed by atoms with Gasteiger partial charge in [0.2, 0.25) is 0 Å². The number of benzene rings is 1. The van der Waals surface area contributed by atoms with Crippen molar-refractivity contribution in [3.63, 3.8) is 0 Å². The Kier molecular flexibility index (Phi) is 4.99. The van der Waals surface area contributed by atoms with Crippen LogP contribution in [0.25, 0.3) is 0 Å². The number of aromatic nitrogens is 3. The molecular weight excluding hydrogens is 314 g/mol. The van der Waals surface area contributed by atoms with Crippen molar-refractivity contribution in [2.45, 2.75) is 20.4 Å². The number of hydrogen-bond acceptors (Lipinski definition) is 5. The van der Waals surface area contributed by atoms with Gasteiger partial charge in [-0.1, -0.05) is 17.7 Å². The third-order valence-corrected chi connectivity index (χ3v) is 3.75. The smallest absolute Gasteiger partial charge is 0.276 e. The number of carbonyl (C=O) groups excluding carboxylic acids is 1. The van der Waals surface area contributed by atoms with E-state index in [1.54, 1.807) is 24.5 Å². The first-order chi connectivity index (χ1) is 12.1. The summed E-state index contributed by atoms with van der Waals surface area (Å²) in [5, 5.41) is 14.1. The maximum atomic E-state index is 12.3. The fourth-order valence-electron chi connectivity index (χ4n) is 2.38. The summed E-state index contributed by atoms with van der Waals surface area (Å²) in [5.41, 5.74) is 4.30. The molecular formula is C19H19N5O. The van der Waals surface area contributed by atoms with Crippen molar-refractivity contribution in [2.75, 3.05) is 10.6 Å². The molecule has 0 radical (unpaired) electrons. The molecule has 0 aliphatic rings. The highest BCUT2D eigenvalue weighted by Crippen LogP contribution is 2.17. The predicted molar refractivity (Wildman–Crippen MR) is 97.5 cm³/mol. The van der Waals surface area contributed by atoms with Crippen LogP contribution < -0.4 is 10.6 Å². The molecule has 6 heteroatoms. The van der Waals surface area contributed by atoms with Crippen molar-refractivity contribution in [2.24, 2.45) is 0 Å². The molecule has 0 atom stereocenters. The molecule has 3 aromatic rings. The molecule has 0 fully saturated rings. The topological polar surface area (TPSA) is 79.8 Å². The highest BCUT2D eigenvalue weighted by atomic mass is 16.1. The number of hydrogen-bond donors (Lipinski definition) is 2. The van der Waals surface area contributed by atoms with E-state index in [0.717, 1.165) is 22.4 Å². The average Bonchev–Trinajstić information content (AvgIpc) is 2.63. The minimum atomic E-state index is -0.278. The fraction of sp³-hybridized carbons (Fsp3) is 0.158. The van der Waals surface area contributed by atoms with E-state index >= 15 is 0 Å². The van der Waals surface area contributed by atoms with Gasteiger partial charge < -0.3 is 10.6 Å². The molecule has 1 amide bonds. The molecule has 0 saturated heterocycles. The molecule has 0 saturated carbocycles. The second-order valence-electron chi connectivity index (χ2n) is 5.79. The van der Waals surface area contributed by atoms with E-state index < -0.39 is 0 Å². The molecule has 2 N–H and O–H groups in total. The van der Waals surface area contributed by atoms with Crippen LogP contribution in [0.2, 0.25) is 0 Å². The van der Waals surface area contributed by atoms with Crippen LogP contribution in [0.1, 0.15) is 27.2 Å². The zero-order chi connectivity index (χ0) is 17.6. The zero-order valence-electron chi connectivity index (χ0n) is 14.2. The number of nitrogens with one attached hydrogen (secondary N) is 2. The van der Waals surface area contributed by atoms with E-state index in [1.165, 1.54) is 0 Å². The third kappa shape index (κ3) is 4.38. The Hall–Kier alpha value is -3.28. The van der Waals surface area contributed by atoms with Crippen molar-refractivity contribution in [1.82, 2.24) is 15.2 Å². The van der Waals surface area contributed by atoms with Crippen molar-refractivity contribution in [3.8, 4) is 0 Å². The summed E-state index contributed by atoms with van der Waals surface area (Å²) >= 11 is 0. The monoisotopic (exact) mass is 333 g/mol. The van der Waals surface area contributed by atoms with Gasteiger partial charge in [-0.05, 0) is 55.3 Å². The second kappa shape index (κ2) is 7.53. The van der Waals surface area contributed by atoms with Crippen molar-refractivity contribution in [3.05, 3.63) is 77.2 Å². The van der Waals surface area contributed by atoms with E-state index in [-0.39, 0.29) is 11.6 Å². The summed E-state index contributed by atoms with van der Waals surface area (Å²) < 4.78 is 0. The molecule has 0 unspecified atom stereocenters. The van der Waals surface area contributed by atoms with Gasteiger partial charge in [-0.2, -0.15) is 0 Å². The fourth-order valence-corrected chi connectivity index (χ4v) is 2.38. The minimum Gasteiger partial charge on any atom is -0.365 e. The first-order valence-electron chi connectivity index (χ1n) is 7.97. The van der Waals surface area contributed by atoms with E-state index in [2.05, 4.69) is 25.8 Å². The van der Waals surface area contributed by atoms with E-state index in [1.807, 2.05) is 44.2 Å². The van der Waals surface area contributed by atoms with E-state index in [4.69, 9.17) is 0 Å². The zero-order valence-corrected chi connectivity index (χ0v) is 14.2. The summed E-state index contributed by atoms with van der Waals surface area (Å²) in [7, 11) is 0.